The van der Waals surface area contributed by atoms with E-state index in [0.717, 1.165) is 0 Å². The molecule has 0 radical (unpaired) electrons. The summed E-state index contributed by atoms with van der Waals surface area (Å²) in [6, 6.07) is 0. The van der Waals surface area contributed by atoms with E-state index in [2.05, 4.69) is 27.7 Å². The molecular formula is C12H24O. The summed E-state index contributed by atoms with van der Waals surface area (Å²) in [5.41, 5.74) is 0.154. The van der Waals surface area contributed by atoms with Crippen molar-refractivity contribution in [2.45, 2.75) is 77.4 Å². The van der Waals surface area contributed by atoms with Gasteiger partial charge in [-0.2, -0.15) is 0 Å². The molecule has 1 fully saturated rings. The Bertz CT molecular complexity index is 141. The summed E-state index contributed by atoms with van der Waals surface area (Å²) in [5.74, 6) is 0. The third-order valence-corrected chi connectivity index (χ3v) is 2.86. The van der Waals surface area contributed by atoms with Crippen LogP contribution in [0.1, 0.15) is 66.2 Å². The first-order valence-corrected chi connectivity index (χ1v) is 5.62. The van der Waals surface area contributed by atoms with Crippen molar-refractivity contribution in [2.75, 3.05) is 0 Å². The van der Waals surface area contributed by atoms with Gasteiger partial charge in [0.1, 0.15) is 0 Å². The highest BCUT2D eigenvalue weighted by Crippen LogP contribution is 2.31. The van der Waals surface area contributed by atoms with E-state index in [1.165, 1.54) is 38.5 Å². The average molecular weight is 184 g/mol. The third-order valence-electron chi connectivity index (χ3n) is 2.86. The first kappa shape index (κ1) is 11.0. The van der Waals surface area contributed by atoms with Crippen LogP contribution in [0.5, 0.6) is 0 Å². The largest absolute Gasteiger partial charge is 0.370 e. The molecule has 1 heteroatoms. The Morgan fingerprint density at radius 2 is 1.08 bits per heavy atom. The molecule has 0 aromatic heterocycles. The number of ether oxygens (including phenoxy) is 1. The van der Waals surface area contributed by atoms with Crippen LogP contribution >= 0.6 is 0 Å². The second-order valence-corrected chi connectivity index (χ2v) is 5.54. The van der Waals surface area contributed by atoms with Gasteiger partial charge in [0.2, 0.25) is 0 Å². The molecule has 0 aromatic rings. The van der Waals surface area contributed by atoms with E-state index in [4.69, 9.17) is 4.74 Å². The molecule has 1 saturated heterocycles. The van der Waals surface area contributed by atoms with Gasteiger partial charge in [0.15, 0.2) is 0 Å². The second kappa shape index (κ2) is 4.00. The summed E-state index contributed by atoms with van der Waals surface area (Å²) < 4.78 is 6.15. The summed E-state index contributed by atoms with van der Waals surface area (Å²) in [4.78, 5) is 0. The Balaban J connectivity index is 2.59. The van der Waals surface area contributed by atoms with Gasteiger partial charge in [0.25, 0.3) is 0 Å². The van der Waals surface area contributed by atoms with Crippen LogP contribution < -0.4 is 0 Å². The Kier molecular flexibility index (Phi) is 3.39. The predicted molar refractivity (Wildman–Crippen MR) is 56.9 cm³/mol. The third kappa shape index (κ3) is 4.12. The SMILES string of the molecule is CC1(C)CCCCCCC(C)(C)O1. The minimum absolute atomic E-state index is 0.0772. The minimum Gasteiger partial charge on any atom is -0.370 e. The van der Waals surface area contributed by atoms with Crippen molar-refractivity contribution in [3.8, 4) is 0 Å². The molecule has 1 aliphatic heterocycles. The highest BCUT2D eigenvalue weighted by molar-refractivity contribution is 4.78. The maximum atomic E-state index is 6.15. The van der Waals surface area contributed by atoms with Crippen molar-refractivity contribution in [1.29, 1.82) is 0 Å². The van der Waals surface area contributed by atoms with E-state index in [-0.39, 0.29) is 11.2 Å². The molecule has 0 unspecified atom stereocenters. The molecule has 13 heavy (non-hydrogen) atoms. The maximum absolute atomic E-state index is 6.15. The summed E-state index contributed by atoms with van der Waals surface area (Å²) in [5, 5.41) is 0. The second-order valence-electron chi connectivity index (χ2n) is 5.54. The normalized spacial score (nSPS) is 28.6. The first-order valence-electron chi connectivity index (χ1n) is 5.62. The minimum atomic E-state index is 0.0772. The summed E-state index contributed by atoms with van der Waals surface area (Å²) in [6.45, 7) is 8.89. The first-order chi connectivity index (χ1) is 5.91. The van der Waals surface area contributed by atoms with Gasteiger partial charge in [-0.3, -0.25) is 0 Å². The molecule has 0 atom stereocenters. The molecule has 0 spiro atoms. The van der Waals surface area contributed by atoms with E-state index >= 15 is 0 Å². The lowest BCUT2D eigenvalue weighted by Gasteiger charge is -2.35. The molecule has 1 heterocycles. The fourth-order valence-corrected chi connectivity index (χ4v) is 2.31. The van der Waals surface area contributed by atoms with Crippen LogP contribution in [0.25, 0.3) is 0 Å². The van der Waals surface area contributed by atoms with Crippen molar-refractivity contribution in [2.24, 2.45) is 0 Å². The lowest BCUT2D eigenvalue weighted by atomic mass is 9.99. The smallest absolute Gasteiger partial charge is 0.0633 e. The van der Waals surface area contributed by atoms with Crippen LogP contribution in [-0.2, 0) is 4.74 Å². The van der Waals surface area contributed by atoms with Crippen LogP contribution in [0.4, 0.5) is 0 Å². The molecule has 1 aliphatic rings. The quantitative estimate of drug-likeness (QED) is 0.554. The van der Waals surface area contributed by atoms with Crippen molar-refractivity contribution in [3.63, 3.8) is 0 Å². The molecule has 1 nitrogen and oxygen atoms in total. The van der Waals surface area contributed by atoms with Crippen LogP contribution in [0.15, 0.2) is 0 Å². The van der Waals surface area contributed by atoms with Crippen LogP contribution in [0.2, 0.25) is 0 Å². The number of hydrogen-bond donors (Lipinski definition) is 0. The predicted octanol–water partition coefficient (Wildman–Crippen LogP) is 3.91. The van der Waals surface area contributed by atoms with E-state index in [1.54, 1.807) is 0 Å². The summed E-state index contributed by atoms with van der Waals surface area (Å²) >= 11 is 0. The van der Waals surface area contributed by atoms with E-state index in [9.17, 15) is 0 Å². The molecule has 0 bridgehead atoms. The number of rotatable bonds is 0. The lowest BCUT2D eigenvalue weighted by Crippen LogP contribution is -2.36. The van der Waals surface area contributed by atoms with E-state index < -0.39 is 0 Å². The van der Waals surface area contributed by atoms with Gasteiger partial charge in [-0.1, -0.05) is 25.7 Å². The lowest BCUT2D eigenvalue weighted by molar-refractivity contribution is -0.127. The summed E-state index contributed by atoms with van der Waals surface area (Å²) in [6.07, 6.45) is 7.81. The van der Waals surface area contributed by atoms with Crippen LogP contribution in [0, 0.1) is 0 Å². The van der Waals surface area contributed by atoms with Crippen molar-refractivity contribution >= 4 is 0 Å². The summed E-state index contributed by atoms with van der Waals surface area (Å²) in [7, 11) is 0. The Morgan fingerprint density at radius 3 is 1.46 bits per heavy atom. The highest BCUT2D eigenvalue weighted by Gasteiger charge is 2.29. The molecular weight excluding hydrogens is 160 g/mol. The van der Waals surface area contributed by atoms with Gasteiger partial charge in [-0.15, -0.1) is 0 Å². The van der Waals surface area contributed by atoms with Crippen LogP contribution in [0.3, 0.4) is 0 Å². The molecule has 0 aromatic carbocycles. The zero-order chi connectivity index (χ0) is 9.95. The standard InChI is InChI=1S/C12H24O/c1-11(2)9-7-5-6-8-10-12(3,4)13-11/h5-10H2,1-4H3. The Labute approximate surface area is 82.9 Å². The highest BCUT2D eigenvalue weighted by atomic mass is 16.5. The fraction of sp³-hybridized carbons (Fsp3) is 1.00. The van der Waals surface area contributed by atoms with Crippen LogP contribution in [-0.4, -0.2) is 11.2 Å². The fourth-order valence-electron chi connectivity index (χ4n) is 2.31. The van der Waals surface area contributed by atoms with Gasteiger partial charge in [0, 0.05) is 0 Å². The number of hydrogen-bond acceptors (Lipinski definition) is 1. The monoisotopic (exact) mass is 184 g/mol. The van der Waals surface area contributed by atoms with Gasteiger partial charge >= 0.3 is 0 Å². The maximum Gasteiger partial charge on any atom is 0.0633 e. The molecule has 0 aliphatic carbocycles. The zero-order valence-corrected chi connectivity index (χ0v) is 9.65. The van der Waals surface area contributed by atoms with Gasteiger partial charge in [-0.25, -0.2) is 0 Å². The van der Waals surface area contributed by atoms with Gasteiger partial charge in [0.05, 0.1) is 11.2 Å². The molecule has 0 saturated carbocycles. The molecule has 78 valence electrons. The molecule has 1 rings (SSSR count). The Hall–Kier alpha value is -0.0400. The topological polar surface area (TPSA) is 9.23 Å². The molecule has 0 amide bonds. The van der Waals surface area contributed by atoms with Crippen molar-refractivity contribution in [1.82, 2.24) is 0 Å². The zero-order valence-electron chi connectivity index (χ0n) is 9.65. The van der Waals surface area contributed by atoms with Gasteiger partial charge in [-0.05, 0) is 40.5 Å². The average Bonchev–Trinajstić information content (AvgIpc) is 1.97. The van der Waals surface area contributed by atoms with E-state index in [1.807, 2.05) is 0 Å². The molecule has 0 N–H and O–H groups in total. The Morgan fingerprint density at radius 1 is 0.692 bits per heavy atom. The van der Waals surface area contributed by atoms with E-state index in [0.29, 0.717) is 0 Å². The van der Waals surface area contributed by atoms with Crippen molar-refractivity contribution in [3.05, 3.63) is 0 Å². The van der Waals surface area contributed by atoms with Gasteiger partial charge < -0.3 is 4.74 Å². The van der Waals surface area contributed by atoms with Crippen molar-refractivity contribution < 1.29 is 4.74 Å².